The highest BCUT2D eigenvalue weighted by atomic mass is 32.2. The molecule has 23 nitrogen and oxygen atoms in total. The number of ether oxygens (including phenoxy) is 2. The SMILES string of the molecule is CC1COc2c(S(=O)(=O)NC(=O)Nc3c4c(cc5c3CCC5)CCC4)cnn21.CC1Cn2ncc(S(=O)(=O)NC(=O)Nc3c4c(cc5c3CCC5)CCC4)c2O1.O=C(Nc1c2c(cc3c1CCC3)CCC2)NS(=O)(=O)c1cnn2c1CCCC2. The Kier molecular flexibility index (Phi) is 14.5. The van der Waals surface area contributed by atoms with Crippen LogP contribution in [0.3, 0.4) is 0 Å². The molecule has 15 rings (SSSR count). The molecular formula is C58H68N12O11S3. The molecule has 6 aromatic rings. The van der Waals surface area contributed by atoms with Crippen LogP contribution in [0.1, 0.15) is 144 Å². The van der Waals surface area contributed by atoms with Crippen molar-refractivity contribution in [1.82, 2.24) is 43.5 Å². The minimum atomic E-state index is -4.08. The van der Waals surface area contributed by atoms with Crippen molar-refractivity contribution in [3.63, 3.8) is 0 Å². The summed E-state index contributed by atoms with van der Waals surface area (Å²) >= 11 is 0. The third-order valence-corrected chi connectivity index (χ3v) is 21.7. The van der Waals surface area contributed by atoms with Gasteiger partial charge in [-0.2, -0.15) is 15.3 Å². The second kappa shape index (κ2) is 21.9. The van der Waals surface area contributed by atoms with Crippen LogP contribution in [-0.2, 0) is 127 Å². The van der Waals surface area contributed by atoms with Crippen LogP contribution in [-0.4, -0.2) is 85.4 Å². The maximum Gasteiger partial charge on any atom is 0.333 e. The Morgan fingerprint density at radius 2 is 0.845 bits per heavy atom. The van der Waals surface area contributed by atoms with E-state index in [9.17, 15) is 39.6 Å². The topological polar surface area (TPSA) is 298 Å². The van der Waals surface area contributed by atoms with Crippen molar-refractivity contribution in [2.45, 2.75) is 189 Å². The molecule has 2 unspecified atom stereocenters. The van der Waals surface area contributed by atoms with Crippen LogP contribution >= 0.6 is 0 Å². The van der Waals surface area contributed by atoms with Gasteiger partial charge < -0.3 is 25.4 Å². The lowest BCUT2D eigenvalue weighted by Crippen LogP contribution is -2.35. The van der Waals surface area contributed by atoms with Crippen LogP contribution in [0.4, 0.5) is 31.4 Å². The number of rotatable bonds is 9. The van der Waals surface area contributed by atoms with Gasteiger partial charge in [0.25, 0.3) is 30.1 Å². The Labute approximate surface area is 487 Å². The van der Waals surface area contributed by atoms with Gasteiger partial charge in [0.1, 0.15) is 17.6 Å². The number of anilines is 3. The number of aromatic nitrogens is 6. The fraction of sp³-hybridized carbons (Fsp3) is 0.483. The van der Waals surface area contributed by atoms with Crippen molar-refractivity contribution < 1.29 is 49.1 Å². The molecule has 0 radical (unpaired) electrons. The fourth-order valence-electron chi connectivity index (χ4n) is 14.0. The number of hydrogen-bond donors (Lipinski definition) is 6. The summed E-state index contributed by atoms with van der Waals surface area (Å²) in [6.07, 6.45) is 24.2. The van der Waals surface area contributed by atoms with E-state index in [-0.39, 0.29) is 38.6 Å². The van der Waals surface area contributed by atoms with Crippen molar-refractivity contribution >= 4 is 65.2 Å². The number of nitrogens with one attached hydrogen (secondary N) is 6. The third-order valence-electron chi connectivity index (χ3n) is 17.7. The van der Waals surface area contributed by atoms with Crippen LogP contribution in [0.15, 0.2) is 51.5 Å². The summed E-state index contributed by atoms with van der Waals surface area (Å²) in [6, 6.07) is 4.58. The molecule has 0 spiro atoms. The summed E-state index contributed by atoms with van der Waals surface area (Å²) in [5.74, 6) is 0.351. The molecule has 9 aliphatic rings. The molecular weight excluding hydrogens is 1140 g/mol. The lowest BCUT2D eigenvalue weighted by molar-refractivity contribution is 0.247. The molecule has 0 saturated heterocycles. The summed E-state index contributed by atoms with van der Waals surface area (Å²) in [6.45, 7) is 5.29. The van der Waals surface area contributed by atoms with Gasteiger partial charge in [-0.1, -0.05) is 18.2 Å². The van der Waals surface area contributed by atoms with Crippen molar-refractivity contribution in [2.75, 3.05) is 22.6 Å². The number of amides is 6. The third kappa shape index (κ3) is 10.4. The average molecular weight is 1210 g/mol. The van der Waals surface area contributed by atoms with Crippen LogP contribution in [0.2, 0.25) is 0 Å². The Morgan fingerprint density at radius 1 is 0.464 bits per heavy atom. The molecule has 26 heteroatoms. The number of nitrogens with zero attached hydrogens (tertiary/aromatic N) is 6. The Morgan fingerprint density at radius 3 is 1.29 bits per heavy atom. The number of urea groups is 3. The largest absolute Gasteiger partial charge is 0.475 e. The molecule has 3 aliphatic heterocycles. The predicted octanol–water partition coefficient (Wildman–Crippen LogP) is 7.18. The number of benzene rings is 3. The summed E-state index contributed by atoms with van der Waals surface area (Å²) in [7, 11) is -12.1. The highest BCUT2D eigenvalue weighted by Crippen LogP contribution is 2.42. The minimum absolute atomic E-state index is 0.0396. The molecule has 6 N–H and O–H groups in total. The first-order chi connectivity index (χ1) is 40.4. The van der Waals surface area contributed by atoms with E-state index in [1.54, 1.807) is 4.68 Å². The second-order valence-electron chi connectivity index (χ2n) is 23.4. The van der Waals surface area contributed by atoms with Gasteiger partial charge >= 0.3 is 18.1 Å². The highest BCUT2D eigenvalue weighted by Gasteiger charge is 2.36. The summed E-state index contributed by atoms with van der Waals surface area (Å²) in [5, 5.41) is 20.8. The van der Waals surface area contributed by atoms with E-state index in [0.29, 0.717) is 25.3 Å². The molecule has 3 aromatic heterocycles. The maximum atomic E-state index is 12.8. The van der Waals surface area contributed by atoms with E-state index in [1.807, 2.05) is 13.8 Å². The first kappa shape index (κ1) is 55.7. The lowest BCUT2D eigenvalue weighted by atomic mass is 9.99. The van der Waals surface area contributed by atoms with E-state index in [4.69, 9.17) is 9.47 Å². The Balaban J connectivity index is 0.000000118. The molecule has 0 fully saturated rings. The number of sulfonamides is 3. The Hall–Kier alpha value is -7.45. The molecule has 84 heavy (non-hydrogen) atoms. The molecule has 6 aliphatic carbocycles. The predicted molar refractivity (Wildman–Crippen MR) is 309 cm³/mol. The van der Waals surface area contributed by atoms with Crippen LogP contribution < -0.4 is 39.6 Å². The van der Waals surface area contributed by atoms with Crippen molar-refractivity contribution in [2.24, 2.45) is 0 Å². The first-order valence-electron chi connectivity index (χ1n) is 29.4. The number of fused-ring (bicyclic) bond motifs is 9. The molecule has 6 amide bonds. The van der Waals surface area contributed by atoms with Crippen LogP contribution in [0.25, 0.3) is 0 Å². The zero-order valence-corrected chi connectivity index (χ0v) is 49.4. The van der Waals surface area contributed by atoms with E-state index >= 15 is 0 Å². The van der Waals surface area contributed by atoms with Gasteiger partial charge in [0.05, 0.1) is 36.9 Å². The smallest absolute Gasteiger partial charge is 0.333 e. The van der Waals surface area contributed by atoms with Crippen LogP contribution in [0.5, 0.6) is 11.8 Å². The normalized spacial score (nSPS) is 19.0. The maximum absolute atomic E-state index is 12.8. The number of carbonyl (C=O) groups is 3. The molecule has 0 saturated carbocycles. The number of hydrogen-bond acceptors (Lipinski definition) is 14. The van der Waals surface area contributed by atoms with E-state index in [0.717, 1.165) is 174 Å². The van der Waals surface area contributed by atoms with Gasteiger partial charge in [-0.15, -0.1) is 0 Å². The average Bonchev–Trinajstić information content (AvgIpc) is 4.50. The lowest BCUT2D eigenvalue weighted by Gasteiger charge is -2.17. The minimum Gasteiger partial charge on any atom is -0.475 e. The van der Waals surface area contributed by atoms with Gasteiger partial charge in [0, 0.05) is 23.6 Å². The van der Waals surface area contributed by atoms with Gasteiger partial charge in [-0.25, -0.2) is 63.2 Å². The molecule has 6 heterocycles. The number of aryl methyl sites for hydroxylation is 7. The monoisotopic (exact) mass is 1200 g/mol. The van der Waals surface area contributed by atoms with Gasteiger partial charge in [-0.05, 0) is 215 Å². The highest BCUT2D eigenvalue weighted by molar-refractivity contribution is 7.90. The van der Waals surface area contributed by atoms with Crippen molar-refractivity contribution in [3.8, 4) is 11.8 Å². The molecule has 3 aromatic carbocycles. The van der Waals surface area contributed by atoms with Crippen LogP contribution in [0, 0.1) is 0 Å². The zero-order chi connectivity index (χ0) is 58.2. The van der Waals surface area contributed by atoms with Gasteiger partial charge in [0.15, 0.2) is 9.79 Å². The van der Waals surface area contributed by atoms with Crippen molar-refractivity contribution in [3.05, 3.63) is 109 Å². The number of carbonyl (C=O) groups excluding carboxylic acids is 3. The fourth-order valence-corrected chi connectivity index (χ4v) is 17.0. The summed E-state index contributed by atoms with van der Waals surface area (Å²) in [4.78, 5) is 37.8. The molecule has 444 valence electrons. The summed E-state index contributed by atoms with van der Waals surface area (Å²) < 4.78 is 98.7. The molecule has 2 atom stereocenters. The second-order valence-corrected chi connectivity index (χ2v) is 28.3. The van der Waals surface area contributed by atoms with Gasteiger partial charge in [-0.3, -0.25) is 4.68 Å². The quantitative estimate of drug-likeness (QED) is 0.0836. The standard InChI is InChI=1S/C20H24N4O3S.2C19H22N4O4S/c25-20(23-28(26,27)18-12-21-24-10-2-1-9-17(18)24)22-19-15-7-3-5-13(15)11-14-6-4-8-16(14)19;1-11-10-27-18-16(9-20-23(11)18)28(25,26)22-19(24)21-17-14-6-2-4-12(14)8-13-5-3-7-15(13)17;1-11-10-23-18(27-11)16(9-20-23)28(25,26)22-19(24)21-17-14-6-2-4-12(14)8-13-5-3-7-15(13)17/h11-12H,1-10H2,(H2,22,23,25);2*8-9,11H,2-7,10H2,1H3,(H2,21,22,24). The van der Waals surface area contributed by atoms with Gasteiger partial charge in [0.2, 0.25) is 11.8 Å². The van der Waals surface area contributed by atoms with E-state index in [2.05, 4.69) is 63.6 Å². The first-order valence-corrected chi connectivity index (χ1v) is 33.8. The zero-order valence-electron chi connectivity index (χ0n) is 47.0. The van der Waals surface area contributed by atoms with Crippen molar-refractivity contribution in [1.29, 1.82) is 0 Å². The molecule has 0 bridgehead atoms. The summed E-state index contributed by atoms with van der Waals surface area (Å²) in [5.41, 5.74) is 17.8. The van der Waals surface area contributed by atoms with E-state index < -0.39 is 48.2 Å². The van der Waals surface area contributed by atoms with E-state index in [1.165, 1.54) is 72.5 Å². The Bertz CT molecular complexity index is 3850.